The van der Waals surface area contributed by atoms with Crippen LogP contribution in [0.25, 0.3) is 0 Å². The quantitative estimate of drug-likeness (QED) is 0.329. The lowest BCUT2D eigenvalue weighted by molar-refractivity contribution is -0.113. The predicted octanol–water partition coefficient (Wildman–Crippen LogP) is 4.69. The number of methoxy groups -OCH3 is 1. The molecule has 3 aromatic rings. The van der Waals surface area contributed by atoms with Gasteiger partial charge >= 0.3 is 0 Å². The van der Waals surface area contributed by atoms with Gasteiger partial charge in [0.1, 0.15) is 16.6 Å². The van der Waals surface area contributed by atoms with Crippen molar-refractivity contribution in [2.24, 2.45) is 0 Å². The topological polar surface area (TPSA) is 94.8 Å². The van der Waals surface area contributed by atoms with E-state index in [1.54, 1.807) is 13.2 Å². The summed E-state index contributed by atoms with van der Waals surface area (Å²) in [5.41, 5.74) is 1.10. The molecular weight excluding hydrogens is 456 g/mol. The molecule has 0 unspecified atom stereocenters. The van der Waals surface area contributed by atoms with E-state index >= 15 is 0 Å². The van der Waals surface area contributed by atoms with Crippen LogP contribution in [0.5, 0.6) is 5.75 Å². The van der Waals surface area contributed by atoms with Gasteiger partial charge in [-0.3, -0.25) is 10.1 Å². The number of rotatable bonds is 10. The smallest absolute Gasteiger partial charge is 0.236 e. The third kappa shape index (κ3) is 6.20. The Morgan fingerprint density at radius 3 is 2.73 bits per heavy atom. The van der Waals surface area contributed by atoms with Crippen LogP contribution in [0.1, 0.15) is 54.4 Å². The third-order valence-corrected chi connectivity index (χ3v) is 7.57. The number of ether oxygens (including phenoxy) is 1. The number of hydrogen-bond acceptors (Lipinski definition) is 8. The predicted molar refractivity (Wildman–Crippen MR) is 131 cm³/mol. The maximum absolute atomic E-state index is 12.5. The van der Waals surface area contributed by atoms with Gasteiger partial charge in [-0.15, -0.1) is 27.0 Å². The van der Waals surface area contributed by atoms with Gasteiger partial charge < -0.3 is 9.30 Å². The summed E-state index contributed by atoms with van der Waals surface area (Å²) in [6.07, 6.45) is 8.55. The van der Waals surface area contributed by atoms with Crippen LogP contribution < -0.4 is 10.1 Å². The summed E-state index contributed by atoms with van der Waals surface area (Å²) in [7, 11) is 1.65. The minimum Gasteiger partial charge on any atom is -0.497 e. The molecule has 1 saturated carbocycles. The summed E-state index contributed by atoms with van der Waals surface area (Å²) in [5, 5.41) is 22.3. The van der Waals surface area contributed by atoms with E-state index in [-0.39, 0.29) is 11.7 Å². The number of amides is 1. The van der Waals surface area contributed by atoms with Crippen molar-refractivity contribution in [1.82, 2.24) is 25.0 Å². The lowest BCUT2D eigenvalue weighted by Crippen LogP contribution is -2.14. The fraction of sp³-hybridized carbons (Fsp3) is 0.435. The van der Waals surface area contributed by atoms with Crippen LogP contribution in [-0.4, -0.2) is 43.7 Å². The van der Waals surface area contributed by atoms with Crippen molar-refractivity contribution >= 4 is 34.1 Å². The normalized spacial score (nSPS) is 14.2. The van der Waals surface area contributed by atoms with Gasteiger partial charge in [-0.1, -0.05) is 60.6 Å². The Kier molecular flexibility index (Phi) is 8.11. The van der Waals surface area contributed by atoms with Gasteiger partial charge in [0.05, 0.1) is 12.9 Å². The summed E-state index contributed by atoms with van der Waals surface area (Å²) in [5.74, 6) is 2.21. The van der Waals surface area contributed by atoms with E-state index < -0.39 is 0 Å². The molecule has 0 atom stereocenters. The number of nitrogens with one attached hydrogen (secondary N) is 1. The molecule has 2 heterocycles. The Labute approximate surface area is 201 Å². The highest BCUT2D eigenvalue weighted by atomic mass is 32.2. The van der Waals surface area contributed by atoms with Gasteiger partial charge in [-0.25, -0.2) is 0 Å². The monoisotopic (exact) mass is 484 g/mol. The van der Waals surface area contributed by atoms with Crippen molar-refractivity contribution in [2.45, 2.75) is 56.1 Å². The Morgan fingerprint density at radius 2 is 2.00 bits per heavy atom. The van der Waals surface area contributed by atoms with E-state index in [1.165, 1.54) is 42.4 Å². The molecule has 1 fully saturated rings. The van der Waals surface area contributed by atoms with Crippen LogP contribution in [0.15, 0.2) is 42.1 Å². The SMILES string of the molecule is C=CCn1c(Cc2ccc(OC)cc2)nnc1SCC(=O)Nc1nnc(C2CCCCC2)s1. The molecule has 174 valence electrons. The lowest BCUT2D eigenvalue weighted by Gasteiger charge is -2.18. The van der Waals surface area contributed by atoms with Gasteiger partial charge in [0.25, 0.3) is 0 Å². The van der Waals surface area contributed by atoms with E-state index in [4.69, 9.17) is 4.74 Å². The summed E-state index contributed by atoms with van der Waals surface area (Å²) in [6.45, 7) is 4.42. The van der Waals surface area contributed by atoms with E-state index in [2.05, 4.69) is 32.3 Å². The standard InChI is InChI=1S/C23H28N6O2S2/c1-3-13-29-19(14-16-9-11-18(31-2)12-10-16)25-28-23(29)32-15-20(30)24-22-27-26-21(33-22)17-7-5-4-6-8-17/h3,9-12,17H,1,4-8,13-15H2,2H3,(H,24,27,30). The van der Waals surface area contributed by atoms with Crippen molar-refractivity contribution in [2.75, 3.05) is 18.2 Å². The highest BCUT2D eigenvalue weighted by Crippen LogP contribution is 2.35. The number of aromatic nitrogens is 5. The zero-order valence-electron chi connectivity index (χ0n) is 18.7. The Bertz CT molecular complexity index is 1070. The van der Waals surface area contributed by atoms with E-state index in [9.17, 15) is 4.79 Å². The average molecular weight is 485 g/mol. The van der Waals surface area contributed by atoms with Crippen LogP contribution in [-0.2, 0) is 17.8 Å². The molecule has 0 spiro atoms. The summed E-state index contributed by atoms with van der Waals surface area (Å²) in [4.78, 5) is 12.5. The summed E-state index contributed by atoms with van der Waals surface area (Å²) >= 11 is 2.84. The third-order valence-electron chi connectivity index (χ3n) is 5.60. The number of anilines is 1. The molecule has 33 heavy (non-hydrogen) atoms. The fourth-order valence-corrected chi connectivity index (χ4v) is 5.58. The first kappa shape index (κ1) is 23.4. The largest absolute Gasteiger partial charge is 0.497 e. The molecule has 1 N–H and O–H groups in total. The second-order valence-electron chi connectivity index (χ2n) is 7.94. The van der Waals surface area contributed by atoms with Crippen LogP contribution in [0.2, 0.25) is 0 Å². The number of benzene rings is 1. The molecule has 4 rings (SSSR count). The number of allylic oxidation sites excluding steroid dienone is 1. The highest BCUT2D eigenvalue weighted by Gasteiger charge is 2.20. The molecule has 0 bridgehead atoms. The molecular formula is C23H28N6O2S2. The highest BCUT2D eigenvalue weighted by molar-refractivity contribution is 7.99. The molecule has 1 aromatic carbocycles. The maximum atomic E-state index is 12.5. The zero-order valence-corrected chi connectivity index (χ0v) is 20.3. The zero-order chi connectivity index (χ0) is 23.0. The van der Waals surface area contributed by atoms with Crippen molar-refractivity contribution < 1.29 is 9.53 Å². The molecule has 0 saturated heterocycles. The fourth-order valence-electron chi connectivity index (χ4n) is 3.88. The van der Waals surface area contributed by atoms with Gasteiger partial charge in [0.2, 0.25) is 11.0 Å². The van der Waals surface area contributed by atoms with E-state index in [0.717, 1.165) is 35.0 Å². The first-order valence-corrected chi connectivity index (χ1v) is 12.9. The average Bonchev–Trinajstić information content (AvgIpc) is 3.46. The van der Waals surface area contributed by atoms with Gasteiger partial charge in [0, 0.05) is 18.9 Å². The Balaban J connectivity index is 1.34. The van der Waals surface area contributed by atoms with Gasteiger partial charge in [0.15, 0.2) is 5.16 Å². The Morgan fingerprint density at radius 1 is 1.21 bits per heavy atom. The first-order valence-electron chi connectivity index (χ1n) is 11.1. The van der Waals surface area contributed by atoms with Gasteiger partial charge in [-0.2, -0.15) is 0 Å². The molecule has 1 aliphatic rings. The van der Waals surface area contributed by atoms with Crippen molar-refractivity contribution in [3.8, 4) is 5.75 Å². The first-order chi connectivity index (χ1) is 16.2. The summed E-state index contributed by atoms with van der Waals surface area (Å²) < 4.78 is 7.21. The maximum Gasteiger partial charge on any atom is 0.236 e. The van der Waals surface area contributed by atoms with E-state index in [0.29, 0.717) is 29.2 Å². The second kappa shape index (κ2) is 11.4. The van der Waals surface area contributed by atoms with Crippen LogP contribution >= 0.6 is 23.1 Å². The number of carbonyl (C=O) groups excluding carboxylic acids is 1. The van der Waals surface area contributed by atoms with Gasteiger partial charge in [-0.05, 0) is 30.5 Å². The molecule has 10 heteroatoms. The molecule has 0 radical (unpaired) electrons. The minimum atomic E-state index is -0.129. The minimum absolute atomic E-state index is 0.129. The van der Waals surface area contributed by atoms with E-state index in [1.807, 2.05) is 28.8 Å². The number of thioether (sulfide) groups is 1. The molecule has 0 aliphatic heterocycles. The molecule has 8 nitrogen and oxygen atoms in total. The molecule has 1 aliphatic carbocycles. The van der Waals surface area contributed by atoms with Crippen LogP contribution in [0, 0.1) is 0 Å². The number of carbonyl (C=O) groups is 1. The molecule has 1 amide bonds. The number of nitrogens with zero attached hydrogens (tertiary/aromatic N) is 5. The van der Waals surface area contributed by atoms with Crippen molar-refractivity contribution in [1.29, 1.82) is 0 Å². The van der Waals surface area contributed by atoms with Crippen LogP contribution in [0.3, 0.4) is 0 Å². The molecule has 2 aromatic heterocycles. The van der Waals surface area contributed by atoms with Crippen LogP contribution in [0.4, 0.5) is 5.13 Å². The Hall–Kier alpha value is -2.72. The number of hydrogen-bond donors (Lipinski definition) is 1. The second-order valence-corrected chi connectivity index (χ2v) is 9.89. The lowest BCUT2D eigenvalue weighted by atomic mass is 9.90. The van der Waals surface area contributed by atoms with Crippen molar-refractivity contribution in [3.63, 3.8) is 0 Å². The summed E-state index contributed by atoms with van der Waals surface area (Å²) in [6, 6.07) is 7.87. The van der Waals surface area contributed by atoms with Crippen molar-refractivity contribution in [3.05, 3.63) is 53.3 Å².